The molecule has 1 saturated carbocycles. The molecule has 0 aliphatic heterocycles. The molecule has 1 heteroatoms. The summed E-state index contributed by atoms with van der Waals surface area (Å²) in [7, 11) is 0. The quantitative estimate of drug-likeness (QED) is 0.571. The molecule has 3 rings (SSSR count). The molecule has 1 aromatic carbocycles. The Balaban J connectivity index is 2.02. The Kier molecular flexibility index (Phi) is 3.36. The number of hydrogen-bond donors (Lipinski definition) is 0. The van der Waals surface area contributed by atoms with Crippen LogP contribution in [0.15, 0.2) is 18.2 Å². The zero-order chi connectivity index (χ0) is 14.7. The minimum absolute atomic E-state index is 0.322. The third-order valence-electron chi connectivity index (χ3n) is 5.74. The summed E-state index contributed by atoms with van der Waals surface area (Å²) < 4.78 is 0. The van der Waals surface area contributed by atoms with Crippen LogP contribution in [-0.4, -0.2) is 0 Å². The lowest BCUT2D eigenvalue weighted by Crippen LogP contribution is -2.33. The van der Waals surface area contributed by atoms with Gasteiger partial charge >= 0.3 is 0 Å². The summed E-state index contributed by atoms with van der Waals surface area (Å²) in [4.78, 5) is 0.545. The summed E-state index contributed by atoms with van der Waals surface area (Å²) in [6.07, 6.45) is 3.97. The van der Waals surface area contributed by atoms with E-state index in [1.807, 2.05) is 0 Å². The Morgan fingerprint density at radius 3 is 2.15 bits per heavy atom. The van der Waals surface area contributed by atoms with Gasteiger partial charge in [-0.05, 0) is 58.6 Å². The van der Waals surface area contributed by atoms with E-state index in [0.29, 0.717) is 15.7 Å². The minimum atomic E-state index is 0.322. The SMILES string of the molecule is CC1CC1C(Br)c1ccc2c(c1)C(C)(C)CCC2(C)C. The first-order valence-electron chi connectivity index (χ1n) is 8.01. The van der Waals surface area contributed by atoms with E-state index < -0.39 is 0 Å². The highest BCUT2D eigenvalue weighted by molar-refractivity contribution is 9.09. The van der Waals surface area contributed by atoms with Gasteiger partial charge in [-0.2, -0.15) is 0 Å². The van der Waals surface area contributed by atoms with Crippen LogP contribution in [0.1, 0.15) is 75.4 Å². The highest BCUT2D eigenvalue weighted by atomic mass is 79.9. The van der Waals surface area contributed by atoms with E-state index in [-0.39, 0.29) is 0 Å². The van der Waals surface area contributed by atoms with E-state index in [9.17, 15) is 0 Å². The number of hydrogen-bond acceptors (Lipinski definition) is 0. The van der Waals surface area contributed by atoms with Gasteiger partial charge in [0.1, 0.15) is 0 Å². The van der Waals surface area contributed by atoms with E-state index >= 15 is 0 Å². The molecule has 20 heavy (non-hydrogen) atoms. The monoisotopic (exact) mass is 334 g/mol. The van der Waals surface area contributed by atoms with Crippen molar-refractivity contribution in [2.24, 2.45) is 11.8 Å². The van der Waals surface area contributed by atoms with Crippen LogP contribution in [0.3, 0.4) is 0 Å². The van der Waals surface area contributed by atoms with E-state index in [0.717, 1.165) is 11.8 Å². The third kappa shape index (κ3) is 2.36. The van der Waals surface area contributed by atoms with E-state index in [1.165, 1.54) is 24.8 Å². The molecule has 110 valence electrons. The summed E-state index contributed by atoms with van der Waals surface area (Å²) >= 11 is 3.95. The van der Waals surface area contributed by atoms with Gasteiger partial charge in [0.2, 0.25) is 0 Å². The van der Waals surface area contributed by atoms with Crippen LogP contribution in [0.25, 0.3) is 0 Å². The van der Waals surface area contributed by atoms with Gasteiger partial charge in [0.05, 0.1) is 0 Å². The van der Waals surface area contributed by atoms with Crippen molar-refractivity contribution in [2.75, 3.05) is 0 Å². The molecule has 0 heterocycles. The number of halogens is 1. The van der Waals surface area contributed by atoms with Gasteiger partial charge in [0, 0.05) is 4.83 Å². The van der Waals surface area contributed by atoms with Crippen molar-refractivity contribution in [3.63, 3.8) is 0 Å². The van der Waals surface area contributed by atoms with Crippen molar-refractivity contribution in [2.45, 2.75) is 69.5 Å². The van der Waals surface area contributed by atoms with Crippen LogP contribution in [0.5, 0.6) is 0 Å². The average molecular weight is 335 g/mol. The molecule has 0 N–H and O–H groups in total. The summed E-state index contributed by atoms with van der Waals surface area (Å²) in [5.41, 5.74) is 5.30. The van der Waals surface area contributed by atoms with Gasteiger partial charge in [-0.3, -0.25) is 0 Å². The Morgan fingerprint density at radius 1 is 1.05 bits per heavy atom. The molecule has 0 nitrogen and oxygen atoms in total. The van der Waals surface area contributed by atoms with E-state index in [4.69, 9.17) is 0 Å². The average Bonchev–Trinajstić information content (AvgIpc) is 3.11. The van der Waals surface area contributed by atoms with Crippen LogP contribution in [0.2, 0.25) is 0 Å². The third-order valence-corrected chi connectivity index (χ3v) is 6.95. The highest BCUT2D eigenvalue weighted by Gasteiger charge is 2.41. The molecule has 3 atom stereocenters. The molecule has 0 radical (unpaired) electrons. The molecular formula is C19H27Br. The molecule has 0 amide bonds. The van der Waals surface area contributed by atoms with Crippen molar-refractivity contribution in [1.29, 1.82) is 0 Å². The number of alkyl halides is 1. The fourth-order valence-corrected chi connectivity index (χ4v) is 4.81. The Bertz CT molecular complexity index is 527. The van der Waals surface area contributed by atoms with E-state index in [1.54, 1.807) is 11.1 Å². The number of benzene rings is 1. The summed E-state index contributed by atoms with van der Waals surface area (Å²) in [6, 6.07) is 7.28. The molecule has 3 unspecified atom stereocenters. The maximum absolute atomic E-state index is 3.95. The van der Waals surface area contributed by atoms with Crippen molar-refractivity contribution in [3.8, 4) is 0 Å². The van der Waals surface area contributed by atoms with Crippen LogP contribution in [0.4, 0.5) is 0 Å². The van der Waals surface area contributed by atoms with Crippen LogP contribution >= 0.6 is 15.9 Å². The normalized spacial score (nSPS) is 31.5. The highest BCUT2D eigenvalue weighted by Crippen LogP contribution is 2.53. The van der Waals surface area contributed by atoms with Gasteiger partial charge in [0.25, 0.3) is 0 Å². The fraction of sp³-hybridized carbons (Fsp3) is 0.684. The number of fused-ring (bicyclic) bond motifs is 1. The van der Waals surface area contributed by atoms with Gasteiger partial charge in [0.15, 0.2) is 0 Å². The Labute approximate surface area is 132 Å². The zero-order valence-electron chi connectivity index (χ0n) is 13.5. The molecule has 0 aromatic heterocycles. The van der Waals surface area contributed by atoms with Crippen LogP contribution in [-0.2, 0) is 10.8 Å². The first kappa shape index (κ1) is 14.6. The number of rotatable bonds is 2. The van der Waals surface area contributed by atoms with Crippen molar-refractivity contribution >= 4 is 15.9 Å². The maximum Gasteiger partial charge on any atom is 0.0426 e. The van der Waals surface area contributed by atoms with Crippen molar-refractivity contribution in [1.82, 2.24) is 0 Å². The lowest BCUT2D eigenvalue weighted by atomic mass is 9.63. The molecule has 2 aliphatic carbocycles. The topological polar surface area (TPSA) is 0 Å². The molecule has 0 saturated heterocycles. The predicted molar refractivity (Wildman–Crippen MR) is 90.7 cm³/mol. The van der Waals surface area contributed by atoms with Gasteiger partial charge in [-0.15, -0.1) is 0 Å². The second-order valence-corrected chi connectivity index (χ2v) is 9.34. The molecule has 0 spiro atoms. The first-order valence-corrected chi connectivity index (χ1v) is 8.93. The van der Waals surface area contributed by atoms with E-state index in [2.05, 4.69) is 68.7 Å². The summed E-state index contributed by atoms with van der Waals surface area (Å²) in [5, 5.41) is 0. The maximum atomic E-state index is 3.95. The Hall–Kier alpha value is -0.300. The minimum Gasteiger partial charge on any atom is -0.0836 e. The van der Waals surface area contributed by atoms with Crippen LogP contribution < -0.4 is 0 Å². The lowest BCUT2D eigenvalue weighted by Gasteiger charge is -2.42. The lowest BCUT2D eigenvalue weighted by molar-refractivity contribution is 0.331. The van der Waals surface area contributed by atoms with Gasteiger partial charge in [-0.25, -0.2) is 0 Å². The van der Waals surface area contributed by atoms with Crippen molar-refractivity contribution < 1.29 is 0 Å². The molecular weight excluding hydrogens is 308 g/mol. The van der Waals surface area contributed by atoms with Gasteiger partial charge < -0.3 is 0 Å². The molecule has 2 aliphatic rings. The molecule has 1 fully saturated rings. The zero-order valence-corrected chi connectivity index (χ0v) is 15.0. The van der Waals surface area contributed by atoms with Crippen molar-refractivity contribution in [3.05, 3.63) is 34.9 Å². The summed E-state index contributed by atoms with van der Waals surface area (Å²) in [5.74, 6) is 1.73. The predicted octanol–water partition coefficient (Wildman–Crippen LogP) is 6.13. The second kappa shape index (κ2) is 4.60. The fourth-order valence-electron chi connectivity index (χ4n) is 3.78. The first-order chi connectivity index (χ1) is 9.22. The van der Waals surface area contributed by atoms with Gasteiger partial charge in [-0.1, -0.05) is 68.7 Å². The van der Waals surface area contributed by atoms with Crippen LogP contribution in [0, 0.1) is 11.8 Å². The largest absolute Gasteiger partial charge is 0.0836 e. The molecule has 0 bridgehead atoms. The smallest absolute Gasteiger partial charge is 0.0426 e. The summed E-state index contributed by atoms with van der Waals surface area (Å²) in [6.45, 7) is 12.0. The standard InChI is InChI=1S/C19H27Br/c1-12-10-14(12)17(20)13-6-7-15-16(11-13)19(4,5)9-8-18(15,2)3/h6-7,11-12,14,17H,8-10H2,1-5H3. The second-order valence-electron chi connectivity index (χ2n) is 8.35. The Morgan fingerprint density at radius 2 is 1.60 bits per heavy atom. The molecule has 1 aromatic rings.